The quantitative estimate of drug-likeness (QED) is 0.525. The number of nitrogens with one attached hydrogen (secondary N) is 1. The first-order valence-electron chi connectivity index (χ1n) is 7.36. The first-order valence-corrected chi connectivity index (χ1v) is 9.23. The van der Waals surface area contributed by atoms with E-state index in [2.05, 4.69) is 53.4 Å². The minimum absolute atomic E-state index is 0.112. The second-order valence-electron chi connectivity index (χ2n) is 5.38. The molecule has 122 valence electrons. The topological polar surface area (TPSA) is 46.9 Å². The number of rotatable bonds is 4. The van der Waals surface area contributed by atoms with E-state index in [4.69, 9.17) is 0 Å². The van der Waals surface area contributed by atoms with Gasteiger partial charge in [-0.15, -0.1) is 0 Å². The molecule has 24 heavy (non-hydrogen) atoms. The molecule has 1 N–H and O–H groups in total. The molecule has 0 radical (unpaired) electrons. The van der Waals surface area contributed by atoms with Gasteiger partial charge in [0.1, 0.15) is 5.82 Å². The van der Waals surface area contributed by atoms with E-state index in [1.165, 1.54) is 0 Å². The number of hydrogen-bond donors (Lipinski definition) is 1. The van der Waals surface area contributed by atoms with Crippen molar-refractivity contribution in [1.29, 1.82) is 0 Å². The van der Waals surface area contributed by atoms with Gasteiger partial charge in [0, 0.05) is 32.7 Å². The predicted molar refractivity (Wildman–Crippen MR) is 107 cm³/mol. The number of hydrogen-bond acceptors (Lipinski definition) is 2. The molecule has 0 bridgehead atoms. The van der Waals surface area contributed by atoms with Crippen LogP contribution in [0.1, 0.15) is 21.7 Å². The molecule has 3 rings (SSSR count). The zero-order valence-corrected chi connectivity index (χ0v) is 16.7. The molecule has 1 aromatic heterocycles. The maximum Gasteiger partial charge on any atom is 0.256 e. The summed E-state index contributed by atoms with van der Waals surface area (Å²) in [5.74, 6) is 0.871. The highest BCUT2D eigenvalue weighted by Crippen LogP contribution is 2.20. The normalized spacial score (nSPS) is 10.6. The van der Waals surface area contributed by atoms with E-state index in [1.54, 1.807) is 6.20 Å². The zero-order chi connectivity index (χ0) is 17.1. The maximum absolute atomic E-state index is 12.4. The van der Waals surface area contributed by atoms with Crippen molar-refractivity contribution in [3.8, 4) is 0 Å². The summed E-state index contributed by atoms with van der Waals surface area (Å²) in [5.41, 5.74) is 2.59. The number of nitrogens with zero attached hydrogens (tertiary/aromatic N) is 2. The lowest BCUT2D eigenvalue weighted by Crippen LogP contribution is -2.13. The fraction of sp³-hybridized carbons (Fsp3) is 0.111. The van der Waals surface area contributed by atoms with Gasteiger partial charge in [-0.25, -0.2) is 4.98 Å². The first kappa shape index (κ1) is 17.2. The van der Waals surface area contributed by atoms with E-state index in [0.717, 1.165) is 31.7 Å². The van der Waals surface area contributed by atoms with Crippen LogP contribution in [0.15, 0.2) is 59.3 Å². The fourth-order valence-corrected chi connectivity index (χ4v) is 3.27. The van der Waals surface area contributed by atoms with Gasteiger partial charge in [0.25, 0.3) is 5.91 Å². The van der Waals surface area contributed by atoms with Crippen LogP contribution in [0.4, 0.5) is 5.69 Å². The Balaban J connectivity index is 1.71. The molecule has 0 spiro atoms. The molecule has 0 saturated heterocycles. The Labute approximate surface area is 162 Å². The molecule has 0 unspecified atom stereocenters. The highest BCUT2D eigenvalue weighted by Gasteiger charge is 2.11. The lowest BCUT2D eigenvalue weighted by atomic mass is 10.2. The zero-order valence-electron chi connectivity index (χ0n) is 13.0. The van der Waals surface area contributed by atoms with Gasteiger partial charge in [-0.2, -0.15) is 0 Å². The number of amides is 1. The van der Waals surface area contributed by atoms with Gasteiger partial charge in [0.05, 0.1) is 5.56 Å². The minimum atomic E-state index is -0.112. The Morgan fingerprint density at radius 3 is 2.67 bits per heavy atom. The summed E-state index contributed by atoms with van der Waals surface area (Å²) in [5, 5.41) is 2.94. The first-order chi connectivity index (χ1) is 11.5. The molecule has 4 nitrogen and oxygen atoms in total. The van der Waals surface area contributed by atoms with E-state index in [-0.39, 0.29) is 5.91 Å². The summed E-state index contributed by atoms with van der Waals surface area (Å²) in [6, 6.07) is 13.5. The standard InChI is InChI=1S/C18H15BrIN3O/c1-12-21-8-9-23(12)11-13-2-5-15(6-3-13)22-18(24)16-10-14(19)4-7-17(16)20/h2-10H,11H2,1H3,(H,22,24). The average molecular weight is 496 g/mol. The van der Waals surface area contributed by atoms with E-state index in [1.807, 2.05) is 55.6 Å². The van der Waals surface area contributed by atoms with Crippen LogP contribution in [-0.4, -0.2) is 15.5 Å². The Hall–Kier alpha value is -1.67. The van der Waals surface area contributed by atoms with Crippen molar-refractivity contribution in [3.05, 3.63) is 79.9 Å². The number of imidazole rings is 1. The Kier molecular flexibility index (Phi) is 5.35. The van der Waals surface area contributed by atoms with Gasteiger partial charge in [0.2, 0.25) is 0 Å². The monoisotopic (exact) mass is 495 g/mol. The van der Waals surface area contributed by atoms with Crippen molar-refractivity contribution >= 4 is 50.1 Å². The molecule has 0 aliphatic heterocycles. The molecule has 0 atom stereocenters. The Morgan fingerprint density at radius 2 is 2.00 bits per heavy atom. The number of carbonyl (C=O) groups excluding carboxylic acids is 1. The fourth-order valence-electron chi connectivity index (χ4n) is 2.33. The van der Waals surface area contributed by atoms with Gasteiger partial charge in [-0.3, -0.25) is 4.79 Å². The highest BCUT2D eigenvalue weighted by atomic mass is 127. The Morgan fingerprint density at radius 1 is 1.25 bits per heavy atom. The van der Waals surface area contributed by atoms with Crippen molar-refractivity contribution in [2.24, 2.45) is 0 Å². The van der Waals surface area contributed by atoms with Crippen molar-refractivity contribution in [1.82, 2.24) is 9.55 Å². The molecule has 0 saturated carbocycles. The van der Waals surface area contributed by atoms with Crippen LogP contribution in [0.25, 0.3) is 0 Å². The summed E-state index contributed by atoms with van der Waals surface area (Å²) < 4.78 is 3.89. The van der Waals surface area contributed by atoms with Crippen LogP contribution in [0.3, 0.4) is 0 Å². The molecular formula is C18H15BrIN3O. The van der Waals surface area contributed by atoms with Crippen LogP contribution in [0.5, 0.6) is 0 Å². The summed E-state index contributed by atoms with van der Waals surface area (Å²) in [6.45, 7) is 2.75. The summed E-state index contributed by atoms with van der Waals surface area (Å²) in [6.07, 6.45) is 3.75. The average Bonchev–Trinajstić information content (AvgIpc) is 2.96. The van der Waals surface area contributed by atoms with Gasteiger partial charge in [-0.05, 0) is 65.4 Å². The minimum Gasteiger partial charge on any atom is -0.331 e. The van der Waals surface area contributed by atoms with Crippen molar-refractivity contribution in [2.75, 3.05) is 5.32 Å². The highest BCUT2D eigenvalue weighted by molar-refractivity contribution is 14.1. The van der Waals surface area contributed by atoms with E-state index >= 15 is 0 Å². The number of benzene rings is 2. The lowest BCUT2D eigenvalue weighted by Gasteiger charge is -2.09. The van der Waals surface area contributed by atoms with Crippen LogP contribution < -0.4 is 5.32 Å². The largest absolute Gasteiger partial charge is 0.331 e. The molecule has 3 aromatic rings. The predicted octanol–water partition coefficient (Wildman–Crippen LogP) is 4.86. The third-order valence-electron chi connectivity index (χ3n) is 3.66. The lowest BCUT2D eigenvalue weighted by molar-refractivity contribution is 0.102. The Bertz CT molecular complexity index is 874. The van der Waals surface area contributed by atoms with Crippen LogP contribution in [0, 0.1) is 10.5 Å². The number of aryl methyl sites for hydroxylation is 1. The van der Waals surface area contributed by atoms with E-state index in [0.29, 0.717) is 5.56 Å². The van der Waals surface area contributed by atoms with Crippen molar-refractivity contribution in [2.45, 2.75) is 13.5 Å². The third kappa shape index (κ3) is 4.05. The second kappa shape index (κ2) is 7.48. The molecule has 1 heterocycles. The number of halogens is 2. The number of carbonyl (C=O) groups is 1. The summed E-state index contributed by atoms with van der Waals surface area (Å²) >= 11 is 5.57. The third-order valence-corrected chi connectivity index (χ3v) is 5.10. The van der Waals surface area contributed by atoms with Crippen LogP contribution in [0.2, 0.25) is 0 Å². The van der Waals surface area contributed by atoms with Crippen molar-refractivity contribution in [3.63, 3.8) is 0 Å². The number of aromatic nitrogens is 2. The van der Waals surface area contributed by atoms with Crippen LogP contribution in [-0.2, 0) is 6.54 Å². The molecule has 6 heteroatoms. The van der Waals surface area contributed by atoms with Crippen molar-refractivity contribution < 1.29 is 4.79 Å². The summed E-state index contributed by atoms with van der Waals surface area (Å²) in [4.78, 5) is 16.6. The van der Waals surface area contributed by atoms with Gasteiger partial charge >= 0.3 is 0 Å². The number of anilines is 1. The molecule has 0 fully saturated rings. The molecule has 2 aromatic carbocycles. The second-order valence-corrected chi connectivity index (χ2v) is 7.46. The van der Waals surface area contributed by atoms with Gasteiger partial charge in [-0.1, -0.05) is 28.1 Å². The summed E-state index contributed by atoms with van der Waals surface area (Å²) in [7, 11) is 0. The molecular weight excluding hydrogens is 481 g/mol. The molecule has 0 aliphatic carbocycles. The van der Waals surface area contributed by atoms with Gasteiger partial charge in [0.15, 0.2) is 0 Å². The SMILES string of the molecule is Cc1nccn1Cc1ccc(NC(=O)c2cc(Br)ccc2I)cc1. The smallest absolute Gasteiger partial charge is 0.256 e. The van der Waals surface area contributed by atoms with E-state index in [9.17, 15) is 4.79 Å². The van der Waals surface area contributed by atoms with Crippen LogP contribution >= 0.6 is 38.5 Å². The molecule has 0 aliphatic rings. The van der Waals surface area contributed by atoms with E-state index < -0.39 is 0 Å². The molecule has 1 amide bonds. The van der Waals surface area contributed by atoms with Gasteiger partial charge < -0.3 is 9.88 Å². The maximum atomic E-state index is 12.4.